The first-order valence-electron chi connectivity index (χ1n) is 7.44. The summed E-state index contributed by atoms with van der Waals surface area (Å²) in [5.41, 5.74) is 2.46. The number of aryl methyl sites for hydroxylation is 2. The molecule has 3 heteroatoms. The van der Waals surface area contributed by atoms with Crippen molar-refractivity contribution in [3.8, 4) is 0 Å². The highest BCUT2D eigenvalue weighted by Crippen LogP contribution is 2.21. The third kappa shape index (κ3) is 4.45. The van der Waals surface area contributed by atoms with Crippen molar-refractivity contribution in [2.75, 3.05) is 7.05 Å². The van der Waals surface area contributed by atoms with Crippen LogP contribution in [0.15, 0.2) is 6.07 Å². The normalized spacial score (nSPS) is 12.9. The van der Waals surface area contributed by atoms with Crippen LogP contribution < -0.4 is 5.32 Å². The maximum absolute atomic E-state index is 4.53. The van der Waals surface area contributed by atoms with Crippen LogP contribution in [0.3, 0.4) is 0 Å². The number of unbranched alkanes of at least 4 members (excludes halogenated alkanes) is 4. The molecular formula is C15H29N3. The number of nitrogens with zero attached hydrogens (tertiary/aromatic N) is 2. The smallest absolute Gasteiger partial charge is 0.0597 e. The van der Waals surface area contributed by atoms with Crippen molar-refractivity contribution in [3.63, 3.8) is 0 Å². The lowest BCUT2D eigenvalue weighted by Crippen LogP contribution is -2.20. The van der Waals surface area contributed by atoms with Gasteiger partial charge >= 0.3 is 0 Å². The van der Waals surface area contributed by atoms with Gasteiger partial charge < -0.3 is 5.32 Å². The van der Waals surface area contributed by atoms with Crippen LogP contribution in [0.5, 0.6) is 0 Å². The lowest BCUT2D eigenvalue weighted by molar-refractivity contribution is 0.462. The first kappa shape index (κ1) is 15.2. The number of hydrogen-bond donors (Lipinski definition) is 1. The van der Waals surface area contributed by atoms with Crippen LogP contribution in [0.1, 0.15) is 69.8 Å². The summed E-state index contributed by atoms with van der Waals surface area (Å²) < 4.78 is 2.13. The Morgan fingerprint density at radius 3 is 2.56 bits per heavy atom. The molecule has 0 amide bonds. The molecule has 1 rings (SSSR count). The Bertz CT molecular complexity index is 330. The summed E-state index contributed by atoms with van der Waals surface area (Å²) in [5, 5.41) is 7.97. The number of rotatable bonds is 9. The van der Waals surface area contributed by atoms with E-state index in [1.807, 2.05) is 0 Å². The van der Waals surface area contributed by atoms with Crippen molar-refractivity contribution in [2.45, 2.75) is 71.9 Å². The van der Waals surface area contributed by atoms with Crippen molar-refractivity contribution in [1.29, 1.82) is 0 Å². The topological polar surface area (TPSA) is 29.9 Å². The van der Waals surface area contributed by atoms with E-state index in [9.17, 15) is 0 Å². The Morgan fingerprint density at radius 2 is 1.94 bits per heavy atom. The van der Waals surface area contributed by atoms with Crippen LogP contribution >= 0.6 is 0 Å². The van der Waals surface area contributed by atoms with Gasteiger partial charge in [0.1, 0.15) is 0 Å². The maximum Gasteiger partial charge on any atom is 0.0597 e. The van der Waals surface area contributed by atoms with Gasteiger partial charge in [-0.3, -0.25) is 4.68 Å². The minimum absolute atomic E-state index is 0.452. The van der Waals surface area contributed by atoms with Crippen molar-refractivity contribution in [2.24, 2.45) is 0 Å². The highest BCUT2D eigenvalue weighted by molar-refractivity contribution is 5.13. The Labute approximate surface area is 112 Å². The first-order chi connectivity index (χ1) is 8.72. The van der Waals surface area contributed by atoms with E-state index < -0.39 is 0 Å². The summed E-state index contributed by atoms with van der Waals surface area (Å²) >= 11 is 0. The summed E-state index contributed by atoms with van der Waals surface area (Å²) in [4.78, 5) is 0. The van der Waals surface area contributed by atoms with Crippen LogP contribution in [-0.2, 0) is 6.54 Å². The van der Waals surface area contributed by atoms with Gasteiger partial charge in [0.15, 0.2) is 0 Å². The van der Waals surface area contributed by atoms with Crippen molar-refractivity contribution in [1.82, 2.24) is 15.1 Å². The highest BCUT2D eigenvalue weighted by atomic mass is 15.3. The van der Waals surface area contributed by atoms with Crippen LogP contribution in [0.25, 0.3) is 0 Å². The molecule has 0 aliphatic carbocycles. The zero-order chi connectivity index (χ0) is 13.4. The molecule has 0 spiro atoms. The summed E-state index contributed by atoms with van der Waals surface area (Å²) in [6.45, 7) is 7.45. The second-order valence-corrected chi connectivity index (χ2v) is 5.07. The van der Waals surface area contributed by atoms with Crippen LogP contribution in [0, 0.1) is 6.92 Å². The fourth-order valence-corrected chi connectivity index (χ4v) is 2.49. The van der Waals surface area contributed by atoms with E-state index in [2.05, 4.69) is 49.0 Å². The molecule has 1 N–H and O–H groups in total. The third-order valence-electron chi connectivity index (χ3n) is 3.53. The summed E-state index contributed by atoms with van der Waals surface area (Å²) in [6.07, 6.45) is 7.93. The summed E-state index contributed by atoms with van der Waals surface area (Å²) in [5.74, 6) is 0. The van der Waals surface area contributed by atoms with Gasteiger partial charge in [0.2, 0.25) is 0 Å². The van der Waals surface area contributed by atoms with E-state index in [4.69, 9.17) is 0 Å². The molecule has 3 nitrogen and oxygen atoms in total. The molecule has 104 valence electrons. The Hall–Kier alpha value is -0.830. The number of hydrogen-bond acceptors (Lipinski definition) is 2. The van der Waals surface area contributed by atoms with E-state index >= 15 is 0 Å². The standard InChI is InChI=1S/C15H29N3/c1-5-7-8-9-10-11-14(16-4)15-12-13(3)17-18(15)6-2/h12,14,16H,5-11H2,1-4H3. The van der Waals surface area contributed by atoms with Gasteiger partial charge in [-0.25, -0.2) is 0 Å². The Morgan fingerprint density at radius 1 is 1.22 bits per heavy atom. The van der Waals surface area contributed by atoms with E-state index in [-0.39, 0.29) is 0 Å². The van der Waals surface area contributed by atoms with Crippen molar-refractivity contribution >= 4 is 0 Å². The van der Waals surface area contributed by atoms with Gasteiger partial charge in [-0.2, -0.15) is 5.10 Å². The summed E-state index contributed by atoms with van der Waals surface area (Å²) in [6, 6.07) is 2.67. The van der Waals surface area contributed by atoms with Gasteiger partial charge in [0.25, 0.3) is 0 Å². The largest absolute Gasteiger partial charge is 0.312 e. The molecule has 0 saturated carbocycles. The molecule has 1 atom stereocenters. The van der Waals surface area contributed by atoms with E-state index in [1.165, 1.54) is 44.2 Å². The molecule has 0 aliphatic heterocycles. The van der Waals surface area contributed by atoms with Gasteiger partial charge in [-0.15, -0.1) is 0 Å². The molecule has 0 saturated heterocycles. The molecule has 1 aromatic rings. The second-order valence-electron chi connectivity index (χ2n) is 5.07. The highest BCUT2D eigenvalue weighted by Gasteiger charge is 2.14. The van der Waals surface area contributed by atoms with E-state index in [0.29, 0.717) is 6.04 Å². The molecular weight excluding hydrogens is 222 g/mol. The average Bonchev–Trinajstić information content (AvgIpc) is 2.75. The zero-order valence-electron chi connectivity index (χ0n) is 12.5. The molecule has 0 aliphatic rings. The van der Waals surface area contributed by atoms with Crippen molar-refractivity contribution in [3.05, 3.63) is 17.5 Å². The fourth-order valence-electron chi connectivity index (χ4n) is 2.49. The second kappa shape index (κ2) is 8.30. The minimum Gasteiger partial charge on any atom is -0.312 e. The zero-order valence-corrected chi connectivity index (χ0v) is 12.5. The van der Waals surface area contributed by atoms with Crippen LogP contribution in [-0.4, -0.2) is 16.8 Å². The van der Waals surface area contributed by atoms with Crippen LogP contribution in [0.2, 0.25) is 0 Å². The van der Waals surface area contributed by atoms with Crippen molar-refractivity contribution < 1.29 is 0 Å². The quantitative estimate of drug-likeness (QED) is 0.676. The summed E-state index contributed by atoms with van der Waals surface area (Å²) in [7, 11) is 2.05. The van der Waals surface area contributed by atoms with E-state index in [1.54, 1.807) is 0 Å². The van der Waals surface area contributed by atoms with Gasteiger partial charge in [-0.05, 0) is 33.4 Å². The monoisotopic (exact) mass is 251 g/mol. The van der Waals surface area contributed by atoms with Crippen LogP contribution in [0.4, 0.5) is 0 Å². The predicted molar refractivity (Wildman–Crippen MR) is 77.8 cm³/mol. The molecule has 1 aromatic heterocycles. The molecule has 1 unspecified atom stereocenters. The molecule has 0 bridgehead atoms. The first-order valence-corrected chi connectivity index (χ1v) is 7.44. The third-order valence-corrected chi connectivity index (χ3v) is 3.53. The lowest BCUT2D eigenvalue weighted by atomic mass is 10.0. The SMILES string of the molecule is CCCCCCCC(NC)c1cc(C)nn1CC. The average molecular weight is 251 g/mol. The molecule has 0 fully saturated rings. The molecule has 0 aromatic carbocycles. The number of aromatic nitrogens is 2. The lowest BCUT2D eigenvalue weighted by Gasteiger charge is -2.17. The minimum atomic E-state index is 0.452. The van der Waals surface area contributed by atoms with Gasteiger partial charge in [0, 0.05) is 12.6 Å². The predicted octanol–water partition coefficient (Wildman–Crippen LogP) is 3.83. The Balaban J connectivity index is 2.49. The Kier molecular flexibility index (Phi) is 7.02. The molecule has 0 radical (unpaired) electrons. The van der Waals surface area contributed by atoms with E-state index in [0.717, 1.165) is 12.2 Å². The van der Waals surface area contributed by atoms with Gasteiger partial charge in [-0.1, -0.05) is 39.0 Å². The number of nitrogens with one attached hydrogen (secondary N) is 1. The van der Waals surface area contributed by atoms with Gasteiger partial charge in [0.05, 0.1) is 11.4 Å². The molecule has 1 heterocycles. The maximum atomic E-state index is 4.53. The molecule has 18 heavy (non-hydrogen) atoms. The fraction of sp³-hybridized carbons (Fsp3) is 0.800.